The SMILES string of the molecule is Cc1ccc(C(=O)NCc2ccc(OCC(F)(F)F)cc2)cc1[N+](=O)[O-]. The number of carbonyl (C=O) groups excluding carboxylic acids is 1. The predicted molar refractivity (Wildman–Crippen MR) is 87.0 cm³/mol. The molecule has 6 nitrogen and oxygen atoms in total. The van der Waals surface area contributed by atoms with Crippen molar-refractivity contribution in [2.24, 2.45) is 0 Å². The first-order valence-electron chi connectivity index (χ1n) is 7.47. The summed E-state index contributed by atoms with van der Waals surface area (Å²) < 4.78 is 40.8. The summed E-state index contributed by atoms with van der Waals surface area (Å²) in [6.45, 7) is 0.303. The Hall–Kier alpha value is -3.10. The number of hydrogen-bond acceptors (Lipinski definition) is 4. The number of carbonyl (C=O) groups is 1. The lowest BCUT2D eigenvalue weighted by Crippen LogP contribution is -2.23. The zero-order valence-corrected chi connectivity index (χ0v) is 13.7. The Balaban J connectivity index is 1.95. The van der Waals surface area contributed by atoms with Crippen LogP contribution in [0.15, 0.2) is 42.5 Å². The van der Waals surface area contributed by atoms with E-state index >= 15 is 0 Å². The van der Waals surface area contributed by atoms with Gasteiger partial charge in [-0.1, -0.05) is 18.2 Å². The first-order chi connectivity index (χ1) is 12.2. The van der Waals surface area contributed by atoms with Crippen LogP contribution in [-0.4, -0.2) is 23.6 Å². The second-order valence-electron chi connectivity index (χ2n) is 5.49. The monoisotopic (exact) mass is 368 g/mol. The van der Waals surface area contributed by atoms with Crippen LogP contribution in [0.1, 0.15) is 21.5 Å². The van der Waals surface area contributed by atoms with Gasteiger partial charge >= 0.3 is 6.18 Å². The number of benzene rings is 2. The summed E-state index contributed by atoms with van der Waals surface area (Å²) in [5, 5.41) is 13.5. The molecule has 1 amide bonds. The van der Waals surface area contributed by atoms with Crippen LogP contribution in [0.3, 0.4) is 0 Å². The molecule has 2 aromatic carbocycles. The summed E-state index contributed by atoms with van der Waals surface area (Å²) in [6, 6.07) is 9.92. The minimum atomic E-state index is -4.41. The van der Waals surface area contributed by atoms with Gasteiger partial charge in [0.15, 0.2) is 6.61 Å². The number of nitro benzene ring substituents is 1. The zero-order chi connectivity index (χ0) is 19.3. The molecule has 0 heterocycles. The highest BCUT2D eigenvalue weighted by molar-refractivity contribution is 5.94. The van der Waals surface area contributed by atoms with Crippen LogP contribution in [0.25, 0.3) is 0 Å². The van der Waals surface area contributed by atoms with Crippen molar-refractivity contribution in [3.05, 3.63) is 69.3 Å². The highest BCUT2D eigenvalue weighted by Gasteiger charge is 2.28. The van der Waals surface area contributed by atoms with Gasteiger partial charge in [-0.25, -0.2) is 0 Å². The molecule has 0 radical (unpaired) electrons. The van der Waals surface area contributed by atoms with Crippen molar-refractivity contribution in [2.75, 3.05) is 6.61 Å². The molecule has 1 N–H and O–H groups in total. The molecule has 0 atom stereocenters. The van der Waals surface area contributed by atoms with Gasteiger partial charge < -0.3 is 10.1 Å². The van der Waals surface area contributed by atoms with Crippen LogP contribution < -0.4 is 10.1 Å². The fourth-order valence-corrected chi connectivity index (χ4v) is 2.10. The van der Waals surface area contributed by atoms with Gasteiger partial charge in [-0.3, -0.25) is 14.9 Å². The molecule has 0 aromatic heterocycles. The average Bonchev–Trinajstić information content (AvgIpc) is 2.58. The smallest absolute Gasteiger partial charge is 0.422 e. The second-order valence-corrected chi connectivity index (χ2v) is 5.49. The van der Waals surface area contributed by atoms with Crippen LogP contribution >= 0.6 is 0 Å². The number of ether oxygens (including phenoxy) is 1. The lowest BCUT2D eigenvalue weighted by atomic mass is 10.1. The number of amides is 1. The number of rotatable bonds is 6. The molecule has 0 aliphatic heterocycles. The standard InChI is InChI=1S/C17H15F3N2O4/c1-11-2-5-13(8-15(11)22(24)25)16(23)21-9-12-3-6-14(7-4-12)26-10-17(18,19)20/h2-8H,9-10H2,1H3,(H,21,23). The van der Waals surface area contributed by atoms with Crippen molar-refractivity contribution in [1.29, 1.82) is 0 Å². The fourth-order valence-electron chi connectivity index (χ4n) is 2.10. The van der Waals surface area contributed by atoms with E-state index in [1.54, 1.807) is 6.92 Å². The summed E-state index contributed by atoms with van der Waals surface area (Å²) in [6.07, 6.45) is -4.41. The van der Waals surface area contributed by atoms with E-state index in [0.717, 1.165) is 0 Å². The molecular formula is C17H15F3N2O4. The van der Waals surface area contributed by atoms with Gasteiger partial charge in [-0.05, 0) is 30.7 Å². The van der Waals surface area contributed by atoms with E-state index in [2.05, 4.69) is 10.1 Å². The number of nitrogens with zero attached hydrogens (tertiary/aromatic N) is 1. The molecule has 2 rings (SSSR count). The first-order valence-corrected chi connectivity index (χ1v) is 7.47. The number of nitro groups is 1. The molecule has 0 unspecified atom stereocenters. The summed E-state index contributed by atoms with van der Waals surface area (Å²) >= 11 is 0. The Morgan fingerprint density at radius 3 is 2.42 bits per heavy atom. The minimum absolute atomic E-state index is 0.0616. The largest absolute Gasteiger partial charge is 0.484 e. The number of alkyl halides is 3. The van der Waals surface area contributed by atoms with E-state index in [4.69, 9.17) is 0 Å². The first kappa shape index (κ1) is 19.2. The lowest BCUT2D eigenvalue weighted by Gasteiger charge is -2.10. The van der Waals surface area contributed by atoms with E-state index in [-0.39, 0.29) is 23.5 Å². The third-order valence-corrected chi connectivity index (χ3v) is 3.45. The van der Waals surface area contributed by atoms with Gasteiger partial charge in [0, 0.05) is 23.7 Å². The average molecular weight is 368 g/mol. The maximum atomic E-state index is 12.1. The molecule has 138 valence electrons. The molecule has 9 heteroatoms. The third kappa shape index (κ3) is 5.47. The maximum Gasteiger partial charge on any atom is 0.422 e. The molecule has 26 heavy (non-hydrogen) atoms. The van der Waals surface area contributed by atoms with Crippen molar-refractivity contribution >= 4 is 11.6 Å². The number of aryl methyl sites for hydroxylation is 1. The van der Waals surface area contributed by atoms with Crippen LogP contribution in [-0.2, 0) is 6.54 Å². The molecule has 0 bridgehead atoms. The Morgan fingerprint density at radius 2 is 1.85 bits per heavy atom. The van der Waals surface area contributed by atoms with Crippen LogP contribution in [0, 0.1) is 17.0 Å². The zero-order valence-electron chi connectivity index (χ0n) is 13.7. The fraction of sp³-hybridized carbons (Fsp3) is 0.235. The summed E-state index contributed by atoms with van der Waals surface area (Å²) in [5.41, 5.74) is 1.08. The highest BCUT2D eigenvalue weighted by atomic mass is 19.4. The topological polar surface area (TPSA) is 81.5 Å². The van der Waals surface area contributed by atoms with Gasteiger partial charge in [-0.15, -0.1) is 0 Å². The van der Waals surface area contributed by atoms with Gasteiger partial charge in [0.1, 0.15) is 5.75 Å². The molecule has 2 aromatic rings. The number of nitrogens with one attached hydrogen (secondary N) is 1. The highest BCUT2D eigenvalue weighted by Crippen LogP contribution is 2.20. The van der Waals surface area contributed by atoms with Crippen molar-refractivity contribution in [3.63, 3.8) is 0 Å². The quantitative estimate of drug-likeness (QED) is 0.622. The Labute approximate surface area is 146 Å². The van der Waals surface area contributed by atoms with E-state index in [1.807, 2.05) is 0 Å². The van der Waals surface area contributed by atoms with E-state index in [0.29, 0.717) is 11.1 Å². The molecule has 0 aliphatic carbocycles. The summed E-state index contributed by atoms with van der Waals surface area (Å²) in [7, 11) is 0. The Morgan fingerprint density at radius 1 is 1.19 bits per heavy atom. The number of hydrogen-bond donors (Lipinski definition) is 1. The second kappa shape index (κ2) is 7.85. The maximum absolute atomic E-state index is 12.1. The minimum Gasteiger partial charge on any atom is -0.484 e. The molecule has 0 saturated heterocycles. The number of halogens is 3. The van der Waals surface area contributed by atoms with Gasteiger partial charge in [0.05, 0.1) is 4.92 Å². The normalized spacial score (nSPS) is 11.1. The summed E-state index contributed by atoms with van der Waals surface area (Å²) in [4.78, 5) is 22.5. The van der Waals surface area contributed by atoms with Gasteiger partial charge in [-0.2, -0.15) is 13.2 Å². The molecule has 0 fully saturated rings. The lowest BCUT2D eigenvalue weighted by molar-refractivity contribution is -0.385. The van der Waals surface area contributed by atoms with E-state index in [1.165, 1.54) is 42.5 Å². The van der Waals surface area contributed by atoms with Crippen molar-refractivity contribution in [3.8, 4) is 5.75 Å². The Bertz CT molecular complexity index is 805. The van der Waals surface area contributed by atoms with Crippen LogP contribution in [0.4, 0.5) is 18.9 Å². The van der Waals surface area contributed by atoms with Gasteiger partial charge in [0.2, 0.25) is 0 Å². The van der Waals surface area contributed by atoms with Crippen molar-refractivity contribution in [2.45, 2.75) is 19.6 Å². The molecule has 0 saturated carbocycles. The van der Waals surface area contributed by atoms with Crippen molar-refractivity contribution in [1.82, 2.24) is 5.32 Å². The Kier molecular flexibility index (Phi) is 5.81. The third-order valence-electron chi connectivity index (χ3n) is 3.45. The summed E-state index contributed by atoms with van der Waals surface area (Å²) in [5.74, 6) is -0.433. The van der Waals surface area contributed by atoms with Gasteiger partial charge in [0.25, 0.3) is 11.6 Å². The molecule has 0 aliphatic rings. The molecular weight excluding hydrogens is 353 g/mol. The van der Waals surface area contributed by atoms with E-state index < -0.39 is 23.6 Å². The van der Waals surface area contributed by atoms with Crippen LogP contribution in [0.2, 0.25) is 0 Å². The molecule has 0 spiro atoms. The van der Waals surface area contributed by atoms with Crippen molar-refractivity contribution < 1.29 is 27.6 Å². The van der Waals surface area contributed by atoms with E-state index in [9.17, 15) is 28.1 Å². The predicted octanol–water partition coefficient (Wildman–Crippen LogP) is 3.77. The van der Waals surface area contributed by atoms with Crippen LogP contribution in [0.5, 0.6) is 5.75 Å².